The van der Waals surface area contributed by atoms with Gasteiger partial charge >= 0.3 is 0 Å². The van der Waals surface area contributed by atoms with Crippen molar-refractivity contribution in [1.82, 2.24) is 9.47 Å². The first-order valence-electron chi connectivity index (χ1n) is 6.06. The van der Waals surface area contributed by atoms with Gasteiger partial charge in [-0.05, 0) is 38.3 Å². The number of aliphatic hydroxyl groups is 1. The van der Waals surface area contributed by atoms with Crippen LogP contribution in [-0.4, -0.2) is 40.7 Å². The van der Waals surface area contributed by atoms with Crippen molar-refractivity contribution in [3.05, 3.63) is 23.5 Å². The molecule has 0 radical (unpaired) electrons. The van der Waals surface area contributed by atoms with Crippen LogP contribution in [0.15, 0.2) is 12.1 Å². The van der Waals surface area contributed by atoms with Crippen LogP contribution in [-0.2, 0) is 7.05 Å². The molecule has 0 spiro atoms. The Bertz CT molecular complexity index is 371. The number of unbranched alkanes of at least 4 members (excludes halogenated alkanes) is 2. The molecule has 0 aliphatic heterocycles. The van der Waals surface area contributed by atoms with Gasteiger partial charge in [-0.2, -0.15) is 0 Å². The molecule has 4 nitrogen and oxygen atoms in total. The number of carbonyl (C=O) groups excluding carboxylic acids is 1. The van der Waals surface area contributed by atoms with Crippen LogP contribution in [0.3, 0.4) is 0 Å². The van der Waals surface area contributed by atoms with Crippen molar-refractivity contribution in [3.8, 4) is 0 Å². The number of hydrogen-bond acceptors (Lipinski definition) is 2. The summed E-state index contributed by atoms with van der Waals surface area (Å²) in [5.41, 5.74) is 1.81. The Kier molecular flexibility index (Phi) is 5.22. The molecule has 1 aromatic rings. The van der Waals surface area contributed by atoms with Gasteiger partial charge in [-0.15, -0.1) is 0 Å². The zero-order valence-corrected chi connectivity index (χ0v) is 10.9. The summed E-state index contributed by atoms with van der Waals surface area (Å²) in [6, 6.07) is 3.81. The fourth-order valence-electron chi connectivity index (χ4n) is 1.76. The number of hydrogen-bond donors (Lipinski definition) is 1. The molecule has 1 heterocycles. The molecule has 1 rings (SSSR count). The van der Waals surface area contributed by atoms with Gasteiger partial charge in [0.2, 0.25) is 0 Å². The summed E-state index contributed by atoms with van der Waals surface area (Å²) in [5.74, 6) is 0.0598. The Balaban J connectivity index is 2.49. The summed E-state index contributed by atoms with van der Waals surface area (Å²) < 4.78 is 1.91. The van der Waals surface area contributed by atoms with E-state index in [0.29, 0.717) is 0 Å². The Morgan fingerprint density at radius 2 is 2.06 bits per heavy atom. The van der Waals surface area contributed by atoms with Gasteiger partial charge in [-0.1, -0.05) is 0 Å². The largest absolute Gasteiger partial charge is 0.396 e. The Morgan fingerprint density at radius 3 is 2.59 bits per heavy atom. The van der Waals surface area contributed by atoms with Gasteiger partial charge in [-0.25, -0.2) is 0 Å². The van der Waals surface area contributed by atoms with Crippen molar-refractivity contribution < 1.29 is 9.90 Å². The number of aliphatic hydroxyl groups excluding tert-OH is 1. The highest BCUT2D eigenvalue weighted by molar-refractivity contribution is 5.92. The first kappa shape index (κ1) is 13.8. The quantitative estimate of drug-likeness (QED) is 0.765. The molecule has 17 heavy (non-hydrogen) atoms. The number of aryl methyl sites for hydroxylation is 1. The predicted octanol–water partition coefficient (Wildman–Crippen LogP) is 1.57. The fourth-order valence-corrected chi connectivity index (χ4v) is 1.76. The minimum Gasteiger partial charge on any atom is -0.396 e. The van der Waals surface area contributed by atoms with Gasteiger partial charge in [0.25, 0.3) is 5.91 Å². The lowest BCUT2D eigenvalue weighted by molar-refractivity contribution is 0.0782. The van der Waals surface area contributed by atoms with E-state index in [4.69, 9.17) is 5.11 Å². The molecule has 0 aliphatic carbocycles. The highest BCUT2D eigenvalue weighted by Gasteiger charge is 2.14. The first-order valence-corrected chi connectivity index (χ1v) is 6.06. The molecule has 1 N–H and O–H groups in total. The molecule has 0 saturated heterocycles. The van der Waals surface area contributed by atoms with Gasteiger partial charge < -0.3 is 14.6 Å². The van der Waals surface area contributed by atoms with Crippen LogP contribution in [0.5, 0.6) is 0 Å². The average Bonchev–Trinajstić information content (AvgIpc) is 2.64. The molecule has 0 atom stereocenters. The Labute approximate surface area is 103 Å². The minimum atomic E-state index is 0.0598. The number of amides is 1. The number of carbonyl (C=O) groups is 1. The number of rotatable bonds is 6. The molecule has 1 amide bonds. The lowest BCUT2D eigenvalue weighted by Gasteiger charge is -2.17. The Morgan fingerprint density at radius 1 is 1.35 bits per heavy atom. The lowest BCUT2D eigenvalue weighted by Crippen LogP contribution is -2.29. The molecule has 0 bridgehead atoms. The second-order valence-corrected chi connectivity index (χ2v) is 4.43. The highest BCUT2D eigenvalue weighted by atomic mass is 16.2. The van der Waals surface area contributed by atoms with E-state index in [1.54, 1.807) is 4.90 Å². The van der Waals surface area contributed by atoms with E-state index < -0.39 is 0 Å². The van der Waals surface area contributed by atoms with Crippen LogP contribution < -0.4 is 0 Å². The molecule has 0 fully saturated rings. The topological polar surface area (TPSA) is 45.5 Å². The van der Waals surface area contributed by atoms with Crippen LogP contribution in [0, 0.1) is 6.92 Å². The molecular formula is C13H22N2O2. The van der Waals surface area contributed by atoms with Gasteiger partial charge in [-0.3, -0.25) is 4.79 Å². The zero-order valence-electron chi connectivity index (χ0n) is 10.9. The third kappa shape index (κ3) is 3.60. The van der Waals surface area contributed by atoms with E-state index in [1.807, 2.05) is 37.7 Å². The zero-order chi connectivity index (χ0) is 12.8. The van der Waals surface area contributed by atoms with Gasteiger partial charge in [0.15, 0.2) is 0 Å². The van der Waals surface area contributed by atoms with Crippen molar-refractivity contribution in [2.75, 3.05) is 20.2 Å². The van der Waals surface area contributed by atoms with E-state index >= 15 is 0 Å². The smallest absolute Gasteiger partial charge is 0.270 e. The molecule has 4 heteroatoms. The molecule has 0 unspecified atom stereocenters. The van der Waals surface area contributed by atoms with Crippen LogP contribution in [0.25, 0.3) is 0 Å². The molecule has 1 aromatic heterocycles. The summed E-state index contributed by atoms with van der Waals surface area (Å²) in [6.07, 6.45) is 2.71. The van der Waals surface area contributed by atoms with E-state index in [0.717, 1.165) is 37.2 Å². The van der Waals surface area contributed by atoms with Gasteiger partial charge in [0.1, 0.15) is 5.69 Å². The maximum atomic E-state index is 12.1. The normalized spacial score (nSPS) is 10.6. The summed E-state index contributed by atoms with van der Waals surface area (Å²) in [7, 11) is 3.73. The summed E-state index contributed by atoms with van der Waals surface area (Å²) in [6.45, 7) is 2.95. The molecular weight excluding hydrogens is 216 g/mol. The van der Waals surface area contributed by atoms with Crippen LogP contribution in [0.4, 0.5) is 0 Å². The second-order valence-electron chi connectivity index (χ2n) is 4.43. The van der Waals surface area contributed by atoms with E-state index in [1.165, 1.54) is 0 Å². The van der Waals surface area contributed by atoms with Crippen LogP contribution in [0.1, 0.15) is 35.4 Å². The second kappa shape index (κ2) is 6.45. The van der Waals surface area contributed by atoms with Gasteiger partial charge in [0.05, 0.1) is 0 Å². The summed E-state index contributed by atoms with van der Waals surface area (Å²) in [5, 5.41) is 8.67. The van der Waals surface area contributed by atoms with E-state index in [9.17, 15) is 4.79 Å². The predicted molar refractivity (Wildman–Crippen MR) is 68.0 cm³/mol. The molecule has 0 aromatic carbocycles. The molecule has 0 aliphatic rings. The minimum absolute atomic E-state index is 0.0598. The third-order valence-corrected chi connectivity index (χ3v) is 3.09. The van der Waals surface area contributed by atoms with E-state index in [2.05, 4.69) is 0 Å². The first-order chi connectivity index (χ1) is 8.07. The van der Waals surface area contributed by atoms with Crippen molar-refractivity contribution in [2.24, 2.45) is 7.05 Å². The number of nitrogens with zero attached hydrogens (tertiary/aromatic N) is 2. The van der Waals surface area contributed by atoms with Crippen molar-refractivity contribution in [1.29, 1.82) is 0 Å². The fraction of sp³-hybridized carbons (Fsp3) is 0.615. The summed E-state index contributed by atoms with van der Waals surface area (Å²) >= 11 is 0. The molecule has 0 saturated carbocycles. The Hall–Kier alpha value is -1.29. The SMILES string of the molecule is Cc1ccc(C(=O)N(C)CCCCCO)n1C. The lowest BCUT2D eigenvalue weighted by atomic mass is 10.2. The third-order valence-electron chi connectivity index (χ3n) is 3.09. The van der Waals surface area contributed by atoms with Crippen molar-refractivity contribution in [3.63, 3.8) is 0 Å². The van der Waals surface area contributed by atoms with Crippen molar-refractivity contribution in [2.45, 2.75) is 26.2 Å². The van der Waals surface area contributed by atoms with Gasteiger partial charge in [0, 0.05) is 32.9 Å². The maximum Gasteiger partial charge on any atom is 0.270 e. The molecule has 96 valence electrons. The highest BCUT2D eigenvalue weighted by Crippen LogP contribution is 2.09. The standard InChI is InChI=1S/C13H22N2O2/c1-11-7-8-12(15(11)3)13(17)14(2)9-5-4-6-10-16/h7-8,16H,4-6,9-10H2,1-3H3. The monoisotopic (exact) mass is 238 g/mol. The number of aromatic nitrogens is 1. The summed E-state index contributed by atoms with van der Waals surface area (Å²) in [4.78, 5) is 13.8. The van der Waals surface area contributed by atoms with Crippen LogP contribution in [0.2, 0.25) is 0 Å². The van der Waals surface area contributed by atoms with Crippen molar-refractivity contribution >= 4 is 5.91 Å². The maximum absolute atomic E-state index is 12.1. The van der Waals surface area contributed by atoms with Crippen LogP contribution >= 0.6 is 0 Å². The average molecular weight is 238 g/mol. The van der Waals surface area contributed by atoms with E-state index in [-0.39, 0.29) is 12.5 Å².